The molecule has 116 valence electrons. The number of hydrogen-bond acceptors (Lipinski definition) is 3. The van der Waals surface area contributed by atoms with Gasteiger partial charge in [-0.15, -0.1) is 0 Å². The van der Waals surface area contributed by atoms with E-state index >= 15 is 0 Å². The number of nitrogens with one attached hydrogen (secondary N) is 2. The van der Waals surface area contributed by atoms with Crippen LogP contribution in [0.1, 0.15) is 20.8 Å². The zero-order valence-corrected chi connectivity index (χ0v) is 14.1. The highest BCUT2D eigenvalue weighted by atomic mass is 35.5. The Bertz CT molecular complexity index is 679. The molecule has 0 radical (unpaired) electrons. The zero-order valence-electron chi connectivity index (χ0n) is 12.6. The number of carbonyl (C=O) groups is 1. The summed E-state index contributed by atoms with van der Waals surface area (Å²) in [6.07, 6.45) is 1.62. The third kappa shape index (κ3) is 4.36. The summed E-state index contributed by atoms with van der Waals surface area (Å²) in [6.45, 7) is 5.54. The first-order valence-electron chi connectivity index (χ1n) is 6.75. The van der Waals surface area contributed by atoms with E-state index in [1.54, 1.807) is 30.5 Å². The molecule has 0 saturated heterocycles. The number of carbonyl (C=O) groups excluding carboxylic acids is 1. The van der Waals surface area contributed by atoms with E-state index in [9.17, 15) is 4.79 Å². The highest BCUT2D eigenvalue weighted by molar-refractivity contribution is 6.35. The fraction of sp³-hybridized carbons (Fsp3) is 0.250. The van der Waals surface area contributed by atoms with E-state index in [1.807, 2.05) is 26.8 Å². The van der Waals surface area contributed by atoms with Gasteiger partial charge in [-0.2, -0.15) is 0 Å². The molecule has 2 N–H and O–H groups in total. The molecule has 22 heavy (non-hydrogen) atoms. The average Bonchev–Trinajstić information content (AvgIpc) is 2.44. The minimum atomic E-state index is -0.465. The molecule has 0 fully saturated rings. The largest absolute Gasteiger partial charge is 0.353 e. The molecule has 2 aromatic rings. The minimum Gasteiger partial charge on any atom is -0.353 e. The van der Waals surface area contributed by atoms with Gasteiger partial charge in [0.15, 0.2) is 0 Å². The van der Waals surface area contributed by atoms with Crippen LogP contribution < -0.4 is 10.6 Å². The maximum atomic E-state index is 11.9. The second-order valence-corrected chi connectivity index (χ2v) is 6.73. The van der Waals surface area contributed by atoms with Crippen LogP contribution >= 0.6 is 23.2 Å². The van der Waals surface area contributed by atoms with Crippen LogP contribution in [0.2, 0.25) is 10.0 Å². The molecular weight excluding hydrogens is 321 g/mol. The molecule has 4 nitrogen and oxygen atoms in total. The summed E-state index contributed by atoms with van der Waals surface area (Å²) >= 11 is 12.0. The van der Waals surface area contributed by atoms with Gasteiger partial charge in [0.1, 0.15) is 5.82 Å². The monoisotopic (exact) mass is 337 g/mol. The number of nitrogens with zero attached hydrogens (tertiary/aromatic N) is 1. The van der Waals surface area contributed by atoms with E-state index in [1.165, 1.54) is 0 Å². The minimum absolute atomic E-state index is 0.0846. The standard InChI is InChI=1S/C16H17Cl2N3O/c1-16(2,3)15(22)21-14-7-5-11(9-19-14)20-13-8-10(17)4-6-12(13)18/h4-9,20H,1-3H3,(H,19,21,22). The van der Waals surface area contributed by atoms with E-state index in [4.69, 9.17) is 23.2 Å². The van der Waals surface area contributed by atoms with Crippen molar-refractivity contribution < 1.29 is 4.79 Å². The summed E-state index contributed by atoms with van der Waals surface area (Å²) in [5, 5.41) is 7.06. The number of pyridine rings is 1. The lowest BCUT2D eigenvalue weighted by molar-refractivity contribution is -0.123. The lowest BCUT2D eigenvalue weighted by Crippen LogP contribution is -2.27. The summed E-state index contributed by atoms with van der Waals surface area (Å²) in [5.41, 5.74) is 0.979. The van der Waals surface area contributed by atoms with Crippen LogP contribution in [-0.4, -0.2) is 10.9 Å². The Labute approximate surface area is 139 Å². The van der Waals surface area contributed by atoms with Gasteiger partial charge >= 0.3 is 0 Å². The van der Waals surface area contributed by atoms with Gasteiger partial charge < -0.3 is 10.6 Å². The number of rotatable bonds is 3. The van der Waals surface area contributed by atoms with Crippen LogP contribution in [0.4, 0.5) is 17.2 Å². The van der Waals surface area contributed by atoms with Gasteiger partial charge in [0.05, 0.1) is 22.6 Å². The molecule has 1 amide bonds. The van der Waals surface area contributed by atoms with Gasteiger partial charge in [0.25, 0.3) is 0 Å². The van der Waals surface area contributed by atoms with E-state index < -0.39 is 5.41 Å². The molecule has 1 aromatic heterocycles. The first-order valence-corrected chi connectivity index (χ1v) is 7.51. The Morgan fingerprint density at radius 1 is 1.14 bits per heavy atom. The van der Waals surface area contributed by atoms with Gasteiger partial charge in [-0.1, -0.05) is 44.0 Å². The van der Waals surface area contributed by atoms with Crippen LogP contribution in [0.15, 0.2) is 36.5 Å². The SMILES string of the molecule is CC(C)(C)C(=O)Nc1ccc(Nc2cc(Cl)ccc2Cl)cn1. The number of aromatic nitrogens is 1. The summed E-state index contributed by atoms with van der Waals surface area (Å²) in [4.78, 5) is 16.1. The van der Waals surface area contributed by atoms with Gasteiger partial charge in [0.2, 0.25) is 5.91 Å². The van der Waals surface area contributed by atoms with Crippen molar-refractivity contribution in [1.29, 1.82) is 0 Å². The third-order valence-corrected chi connectivity index (χ3v) is 3.46. The lowest BCUT2D eigenvalue weighted by Gasteiger charge is -2.17. The third-order valence-electron chi connectivity index (χ3n) is 2.89. The van der Waals surface area contributed by atoms with Gasteiger partial charge in [-0.05, 0) is 30.3 Å². The molecule has 6 heteroatoms. The fourth-order valence-corrected chi connectivity index (χ4v) is 1.93. The Hall–Kier alpha value is -1.78. The molecule has 0 aliphatic heterocycles. The highest BCUT2D eigenvalue weighted by Gasteiger charge is 2.21. The normalized spacial score (nSPS) is 11.1. The van der Waals surface area contributed by atoms with Crippen LogP contribution in [0.25, 0.3) is 0 Å². The van der Waals surface area contributed by atoms with E-state index in [2.05, 4.69) is 15.6 Å². The lowest BCUT2D eigenvalue weighted by atomic mass is 9.96. The summed E-state index contributed by atoms with van der Waals surface area (Å²) in [6, 6.07) is 8.71. The zero-order chi connectivity index (χ0) is 16.3. The van der Waals surface area contributed by atoms with E-state index in [-0.39, 0.29) is 5.91 Å². The summed E-state index contributed by atoms with van der Waals surface area (Å²) < 4.78 is 0. The van der Waals surface area contributed by atoms with Crippen molar-refractivity contribution in [2.75, 3.05) is 10.6 Å². The van der Waals surface area contributed by atoms with Crippen molar-refractivity contribution in [3.63, 3.8) is 0 Å². The average molecular weight is 338 g/mol. The fourth-order valence-electron chi connectivity index (χ4n) is 1.59. The summed E-state index contributed by atoms with van der Waals surface area (Å²) in [5.74, 6) is 0.418. The van der Waals surface area contributed by atoms with Crippen LogP contribution in [0.5, 0.6) is 0 Å². The molecule has 0 unspecified atom stereocenters. The molecule has 2 rings (SSSR count). The number of hydrogen-bond donors (Lipinski definition) is 2. The number of amides is 1. The molecule has 0 saturated carbocycles. The number of anilines is 3. The van der Waals surface area contributed by atoms with Crippen molar-refractivity contribution in [3.05, 3.63) is 46.6 Å². The quantitative estimate of drug-likeness (QED) is 0.817. The van der Waals surface area contributed by atoms with Crippen LogP contribution in [-0.2, 0) is 4.79 Å². The molecular formula is C16H17Cl2N3O. The number of halogens is 2. The molecule has 0 atom stereocenters. The summed E-state index contributed by atoms with van der Waals surface area (Å²) in [7, 11) is 0. The van der Waals surface area contributed by atoms with Crippen LogP contribution in [0, 0.1) is 5.41 Å². The molecule has 0 bridgehead atoms. The molecule has 0 spiro atoms. The van der Waals surface area contributed by atoms with Crippen molar-refractivity contribution in [2.45, 2.75) is 20.8 Å². The molecule has 0 aliphatic rings. The predicted molar refractivity (Wildman–Crippen MR) is 92.1 cm³/mol. The first-order chi connectivity index (χ1) is 10.3. The van der Waals surface area contributed by atoms with Crippen molar-refractivity contribution in [2.24, 2.45) is 5.41 Å². The molecule has 0 aliphatic carbocycles. The second-order valence-electron chi connectivity index (χ2n) is 5.89. The van der Waals surface area contributed by atoms with Crippen molar-refractivity contribution in [1.82, 2.24) is 4.98 Å². The van der Waals surface area contributed by atoms with Crippen molar-refractivity contribution in [3.8, 4) is 0 Å². The van der Waals surface area contributed by atoms with Gasteiger partial charge in [-0.3, -0.25) is 4.79 Å². The van der Waals surface area contributed by atoms with Gasteiger partial charge in [0, 0.05) is 10.4 Å². The Morgan fingerprint density at radius 3 is 2.45 bits per heavy atom. The Balaban J connectivity index is 2.09. The predicted octanol–water partition coefficient (Wildman–Crippen LogP) is 5.12. The smallest absolute Gasteiger partial charge is 0.230 e. The Morgan fingerprint density at radius 2 is 1.86 bits per heavy atom. The maximum Gasteiger partial charge on any atom is 0.230 e. The van der Waals surface area contributed by atoms with E-state index in [0.717, 1.165) is 5.69 Å². The topological polar surface area (TPSA) is 54.0 Å². The Kier molecular flexibility index (Phi) is 4.94. The molecule has 1 aromatic carbocycles. The van der Waals surface area contributed by atoms with Gasteiger partial charge in [-0.25, -0.2) is 4.98 Å². The first kappa shape index (κ1) is 16.6. The van der Waals surface area contributed by atoms with Crippen LogP contribution in [0.3, 0.4) is 0 Å². The second kappa shape index (κ2) is 6.55. The molecule has 1 heterocycles. The number of benzene rings is 1. The van der Waals surface area contributed by atoms with Crippen molar-refractivity contribution >= 4 is 46.3 Å². The van der Waals surface area contributed by atoms with E-state index in [0.29, 0.717) is 21.6 Å². The highest BCUT2D eigenvalue weighted by Crippen LogP contribution is 2.28. The maximum absolute atomic E-state index is 11.9.